The molecule has 22 heavy (non-hydrogen) atoms. The summed E-state index contributed by atoms with van der Waals surface area (Å²) < 4.78 is 36.7. The Morgan fingerprint density at radius 2 is 1.68 bits per heavy atom. The quantitative estimate of drug-likeness (QED) is 0.664. The second-order valence-corrected chi connectivity index (χ2v) is 5.74. The largest absolute Gasteiger partial charge is 0.495 e. The van der Waals surface area contributed by atoms with Gasteiger partial charge in [0.15, 0.2) is 5.78 Å². The molecule has 0 aromatic heterocycles. The third-order valence-corrected chi connectivity index (χ3v) is 3.84. The van der Waals surface area contributed by atoms with E-state index in [2.05, 4.69) is 0 Å². The van der Waals surface area contributed by atoms with Crippen molar-refractivity contribution >= 4 is 22.2 Å². The molecule has 0 saturated carbocycles. The van der Waals surface area contributed by atoms with Crippen molar-refractivity contribution in [3.8, 4) is 5.75 Å². The summed E-state index contributed by atoms with van der Waals surface area (Å²) in [6.45, 7) is 0. The van der Waals surface area contributed by atoms with E-state index in [-0.39, 0.29) is 16.9 Å². The molecule has 0 aliphatic carbocycles. The molecule has 113 valence electrons. The fourth-order valence-corrected chi connectivity index (χ4v) is 2.56. The Labute approximate surface area is 127 Å². The molecule has 0 heterocycles. The Morgan fingerprint density at radius 1 is 1.09 bits per heavy atom. The summed E-state index contributed by atoms with van der Waals surface area (Å²) in [5, 5.41) is 0. The molecule has 0 spiro atoms. The van der Waals surface area contributed by atoms with Crippen LogP contribution in [0.25, 0.3) is 0 Å². The van der Waals surface area contributed by atoms with Gasteiger partial charge in [0.1, 0.15) is 10.6 Å². The Hall–Kier alpha value is -2.51. The molecule has 2 aromatic carbocycles. The van der Waals surface area contributed by atoms with Crippen LogP contribution in [0.1, 0.15) is 21.5 Å². The van der Waals surface area contributed by atoms with Crippen LogP contribution in [-0.2, 0) is 14.9 Å². The van der Waals surface area contributed by atoms with E-state index in [0.29, 0.717) is 5.56 Å². The zero-order valence-corrected chi connectivity index (χ0v) is 12.3. The third kappa shape index (κ3) is 3.21. The van der Waals surface area contributed by atoms with Crippen LogP contribution in [-0.4, -0.2) is 32.1 Å². The molecule has 1 N–H and O–H groups in total. The molecule has 0 amide bonds. The topological polar surface area (TPSA) is 97.7 Å². The lowest BCUT2D eigenvalue weighted by Crippen LogP contribution is -2.06. The number of rotatable bonds is 5. The van der Waals surface area contributed by atoms with Crippen LogP contribution in [0.5, 0.6) is 5.75 Å². The Kier molecular flexibility index (Phi) is 4.39. The van der Waals surface area contributed by atoms with Gasteiger partial charge in [-0.2, -0.15) is 8.42 Å². The predicted molar refractivity (Wildman–Crippen MR) is 77.5 cm³/mol. The molecule has 0 aliphatic heterocycles. The van der Waals surface area contributed by atoms with Crippen LogP contribution in [0.15, 0.2) is 47.4 Å². The lowest BCUT2D eigenvalue weighted by Gasteiger charge is -2.08. The molecular weight excluding hydrogens is 308 g/mol. The first-order chi connectivity index (χ1) is 10.4. The maximum Gasteiger partial charge on any atom is 0.298 e. The fourth-order valence-electron chi connectivity index (χ4n) is 1.88. The molecule has 1 radical (unpaired) electrons. The second kappa shape index (κ2) is 6.08. The predicted octanol–water partition coefficient (Wildman–Crippen LogP) is 1.63. The minimum Gasteiger partial charge on any atom is -0.495 e. The first kappa shape index (κ1) is 15.9. The molecular formula is C15H11O6S. The maximum atomic E-state index is 12.3. The van der Waals surface area contributed by atoms with Crippen molar-refractivity contribution in [1.29, 1.82) is 0 Å². The monoisotopic (exact) mass is 319 g/mol. The van der Waals surface area contributed by atoms with Gasteiger partial charge in [-0.3, -0.25) is 14.1 Å². The van der Waals surface area contributed by atoms with Gasteiger partial charge in [0, 0.05) is 16.7 Å². The van der Waals surface area contributed by atoms with Crippen molar-refractivity contribution in [2.75, 3.05) is 7.11 Å². The van der Waals surface area contributed by atoms with E-state index >= 15 is 0 Å². The van der Waals surface area contributed by atoms with Crippen LogP contribution < -0.4 is 4.74 Å². The minimum atomic E-state index is -4.52. The van der Waals surface area contributed by atoms with Gasteiger partial charge >= 0.3 is 0 Å². The number of hydrogen-bond donors (Lipinski definition) is 1. The normalized spacial score (nSPS) is 11.0. The zero-order valence-electron chi connectivity index (χ0n) is 11.4. The smallest absolute Gasteiger partial charge is 0.298 e. The number of hydrogen-bond acceptors (Lipinski definition) is 5. The highest BCUT2D eigenvalue weighted by atomic mass is 32.2. The van der Waals surface area contributed by atoms with E-state index in [0.717, 1.165) is 6.07 Å². The van der Waals surface area contributed by atoms with Gasteiger partial charge < -0.3 is 4.74 Å². The van der Waals surface area contributed by atoms with Gasteiger partial charge in [0.25, 0.3) is 10.1 Å². The third-order valence-electron chi connectivity index (χ3n) is 2.97. The number of carbonyl (C=O) groups excluding carboxylic acids is 2. The molecule has 0 atom stereocenters. The Morgan fingerprint density at radius 3 is 2.18 bits per heavy atom. The van der Waals surface area contributed by atoms with Crippen molar-refractivity contribution in [3.63, 3.8) is 0 Å². The average Bonchev–Trinajstić information content (AvgIpc) is 2.52. The van der Waals surface area contributed by atoms with E-state index in [9.17, 15) is 22.6 Å². The van der Waals surface area contributed by atoms with Crippen LogP contribution in [0.2, 0.25) is 0 Å². The molecule has 6 nitrogen and oxygen atoms in total. The van der Waals surface area contributed by atoms with Crippen LogP contribution in [0.4, 0.5) is 0 Å². The molecule has 0 aliphatic rings. The molecule has 2 aromatic rings. The van der Waals surface area contributed by atoms with E-state index < -0.39 is 20.8 Å². The molecule has 7 heteroatoms. The van der Waals surface area contributed by atoms with Gasteiger partial charge in [-0.1, -0.05) is 24.3 Å². The van der Waals surface area contributed by atoms with Crippen molar-refractivity contribution in [1.82, 2.24) is 0 Å². The SMILES string of the molecule is COc1ccc(C(=O)c2ccc([C]=O)cc2)cc1S(=O)(=O)O. The molecule has 0 saturated heterocycles. The summed E-state index contributed by atoms with van der Waals surface area (Å²) in [7, 11) is -3.27. The molecule has 0 bridgehead atoms. The highest BCUT2D eigenvalue weighted by Crippen LogP contribution is 2.25. The summed E-state index contributed by atoms with van der Waals surface area (Å²) >= 11 is 0. The van der Waals surface area contributed by atoms with E-state index in [1.807, 2.05) is 0 Å². The molecule has 0 unspecified atom stereocenters. The van der Waals surface area contributed by atoms with Crippen molar-refractivity contribution in [3.05, 3.63) is 59.2 Å². The van der Waals surface area contributed by atoms with E-state index in [1.165, 1.54) is 43.5 Å². The summed E-state index contributed by atoms with van der Waals surface area (Å²) in [6.07, 6.45) is 1.69. The van der Waals surface area contributed by atoms with Gasteiger partial charge in [0.05, 0.1) is 7.11 Å². The number of ether oxygens (including phenoxy) is 1. The summed E-state index contributed by atoms with van der Waals surface area (Å²) in [5.41, 5.74) is 0.631. The lowest BCUT2D eigenvalue weighted by molar-refractivity contribution is 0.103. The zero-order chi connectivity index (χ0) is 16.3. The van der Waals surface area contributed by atoms with E-state index in [1.54, 1.807) is 6.29 Å². The van der Waals surface area contributed by atoms with Crippen LogP contribution >= 0.6 is 0 Å². The summed E-state index contributed by atoms with van der Waals surface area (Å²) in [6, 6.07) is 9.41. The van der Waals surface area contributed by atoms with E-state index in [4.69, 9.17) is 4.74 Å². The molecule has 0 fully saturated rings. The standard InChI is InChI=1S/C15H11O6S/c1-21-13-7-6-12(8-14(13)22(18,19)20)15(17)11-4-2-10(9-16)3-5-11/h2-8H,1H3,(H,18,19,20). The first-order valence-electron chi connectivity index (χ1n) is 6.05. The second-order valence-electron chi connectivity index (χ2n) is 4.35. The van der Waals surface area contributed by atoms with Gasteiger partial charge in [-0.25, -0.2) is 0 Å². The maximum absolute atomic E-state index is 12.3. The molecule has 2 rings (SSSR count). The van der Waals surface area contributed by atoms with Crippen LogP contribution in [0.3, 0.4) is 0 Å². The highest BCUT2D eigenvalue weighted by Gasteiger charge is 2.19. The van der Waals surface area contributed by atoms with Gasteiger partial charge in [-0.15, -0.1) is 0 Å². The fraction of sp³-hybridized carbons (Fsp3) is 0.0667. The lowest BCUT2D eigenvalue weighted by atomic mass is 10.0. The average molecular weight is 319 g/mol. The van der Waals surface area contributed by atoms with Crippen LogP contribution in [0, 0.1) is 0 Å². The number of ketones is 1. The highest BCUT2D eigenvalue weighted by molar-refractivity contribution is 7.86. The van der Waals surface area contributed by atoms with Crippen molar-refractivity contribution in [2.24, 2.45) is 0 Å². The summed E-state index contributed by atoms with van der Waals surface area (Å²) in [4.78, 5) is 22.3. The van der Waals surface area contributed by atoms with Gasteiger partial charge in [0.2, 0.25) is 6.29 Å². The number of benzene rings is 2. The summed E-state index contributed by atoms with van der Waals surface area (Å²) in [5.74, 6) is -0.519. The minimum absolute atomic E-state index is 0.0649. The Bertz CT molecular complexity index is 822. The number of methoxy groups -OCH3 is 1. The Balaban J connectivity index is 2.47. The van der Waals surface area contributed by atoms with Crippen molar-refractivity contribution in [2.45, 2.75) is 4.90 Å². The first-order valence-corrected chi connectivity index (χ1v) is 7.49. The number of carbonyl (C=O) groups is 1. The van der Waals surface area contributed by atoms with Crippen molar-refractivity contribution < 1.29 is 27.3 Å². The van der Waals surface area contributed by atoms with Gasteiger partial charge in [-0.05, 0) is 18.2 Å².